The zero-order chi connectivity index (χ0) is 23.3. The summed E-state index contributed by atoms with van der Waals surface area (Å²) in [6.45, 7) is 0.231. The minimum absolute atomic E-state index is 0. The molecule has 4 radical (unpaired) electrons. The standard InChI is InChI=1S/C19H19N7O6.Pb/c20-19-25-15-14(17(30)26-19)23-11(8-22-15)7-21-10-3-1-9(2-4-10)16(29)24-12(18(31)32)5-6-13(27)28;/h1-4,8,12,21H,5-7H2,(H,24,29)(H,27,28)(H,31,32)(H3,20,22,25,26,30);. The summed E-state index contributed by atoms with van der Waals surface area (Å²) in [6, 6.07) is 4.86. The number of fused-ring (bicyclic) bond motifs is 1. The van der Waals surface area contributed by atoms with E-state index in [0.717, 1.165) is 0 Å². The van der Waals surface area contributed by atoms with Gasteiger partial charge in [0.2, 0.25) is 5.95 Å². The van der Waals surface area contributed by atoms with Crippen LogP contribution in [0.3, 0.4) is 0 Å². The molecule has 0 aliphatic rings. The van der Waals surface area contributed by atoms with Crippen molar-refractivity contribution in [3.63, 3.8) is 0 Å². The van der Waals surface area contributed by atoms with Gasteiger partial charge in [0.25, 0.3) is 11.5 Å². The molecule has 0 bridgehead atoms. The number of carbonyl (C=O) groups excluding carboxylic acids is 1. The third-order valence-electron chi connectivity index (χ3n) is 4.36. The average molecular weight is 649 g/mol. The van der Waals surface area contributed by atoms with Gasteiger partial charge in [-0.05, 0) is 30.7 Å². The van der Waals surface area contributed by atoms with Gasteiger partial charge in [0, 0.05) is 45.0 Å². The monoisotopic (exact) mass is 649 g/mol. The summed E-state index contributed by atoms with van der Waals surface area (Å²) in [5.74, 6) is -3.16. The van der Waals surface area contributed by atoms with Crippen LogP contribution in [0.5, 0.6) is 0 Å². The number of aromatic nitrogens is 4. The van der Waals surface area contributed by atoms with Crippen LogP contribution in [0.25, 0.3) is 11.2 Å². The third kappa shape index (κ3) is 6.93. The topological polar surface area (TPSA) is 213 Å². The predicted molar refractivity (Wildman–Crippen MR) is 118 cm³/mol. The minimum Gasteiger partial charge on any atom is -0.481 e. The molecule has 0 saturated heterocycles. The van der Waals surface area contributed by atoms with Crippen LogP contribution in [-0.2, 0) is 16.1 Å². The minimum atomic E-state index is -1.31. The second kappa shape index (κ2) is 11.3. The molecule has 33 heavy (non-hydrogen) atoms. The maximum Gasteiger partial charge on any atom is 0.326 e. The Bertz CT molecular complexity index is 1230. The molecule has 170 valence electrons. The average Bonchev–Trinajstić information content (AvgIpc) is 2.75. The normalized spacial score (nSPS) is 11.3. The van der Waals surface area contributed by atoms with Crippen LogP contribution >= 0.6 is 0 Å². The van der Waals surface area contributed by atoms with Gasteiger partial charge in [0.15, 0.2) is 11.2 Å². The summed E-state index contributed by atoms with van der Waals surface area (Å²) in [5, 5.41) is 23.2. The van der Waals surface area contributed by atoms with Crippen LogP contribution in [-0.4, -0.2) is 81.3 Å². The molecule has 1 unspecified atom stereocenters. The number of aromatic amines is 1. The summed E-state index contributed by atoms with van der Waals surface area (Å²) in [5.41, 5.74) is 6.47. The Balaban J connectivity index is 0.00000385. The molecule has 1 atom stereocenters. The van der Waals surface area contributed by atoms with Crippen molar-refractivity contribution < 1.29 is 24.6 Å². The Morgan fingerprint density at radius 3 is 2.45 bits per heavy atom. The fourth-order valence-corrected chi connectivity index (χ4v) is 2.75. The summed E-state index contributed by atoms with van der Waals surface area (Å²) < 4.78 is 0. The van der Waals surface area contributed by atoms with Crippen molar-refractivity contribution in [3.05, 3.63) is 52.1 Å². The molecule has 0 saturated carbocycles. The molecule has 0 fully saturated rings. The number of anilines is 2. The first-order chi connectivity index (χ1) is 15.2. The number of carboxylic acid groups (broad SMARTS) is 2. The number of nitrogens with zero attached hydrogens (tertiary/aromatic N) is 3. The van der Waals surface area contributed by atoms with E-state index in [1.807, 2.05) is 0 Å². The van der Waals surface area contributed by atoms with Crippen molar-refractivity contribution in [1.29, 1.82) is 0 Å². The van der Waals surface area contributed by atoms with Crippen molar-refractivity contribution in [3.8, 4) is 0 Å². The summed E-state index contributed by atoms with van der Waals surface area (Å²) >= 11 is 0. The van der Waals surface area contributed by atoms with Crippen LogP contribution in [0.4, 0.5) is 11.6 Å². The smallest absolute Gasteiger partial charge is 0.326 e. The first-order valence-electron chi connectivity index (χ1n) is 9.33. The Kier molecular flexibility index (Phi) is 8.78. The van der Waals surface area contributed by atoms with Gasteiger partial charge in [-0.25, -0.2) is 14.8 Å². The van der Waals surface area contributed by atoms with Crippen molar-refractivity contribution in [1.82, 2.24) is 25.3 Å². The molecule has 1 aromatic carbocycles. The summed E-state index contributed by atoms with van der Waals surface area (Å²) in [7, 11) is 0. The van der Waals surface area contributed by atoms with Gasteiger partial charge in [0.05, 0.1) is 18.4 Å². The number of nitrogens with one attached hydrogen (secondary N) is 3. The molecule has 13 nitrogen and oxygen atoms in total. The fourth-order valence-electron chi connectivity index (χ4n) is 2.75. The van der Waals surface area contributed by atoms with E-state index in [1.165, 1.54) is 18.3 Å². The predicted octanol–water partition coefficient (Wildman–Crippen LogP) is -0.426. The van der Waals surface area contributed by atoms with Gasteiger partial charge in [-0.2, -0.15) is 4.98 Å². The second-order valence-corrected chi connectivity index (χ2v) is 6.71. The zero-order valence-electron chi connectivity index (χ0n) is 17.0. The van der Waals surface area contributed by atoms with Crippen LogP contribution in [0, 0.1) is 0 Å². The number of H-pyrrole nitrogens is 1. The van der Waals surface area contributed by atoms with Crippen molar-refractivity contribution in [2.45, 2.75) is 25.4 Å². The summed E-state index contributed by atoms with van der Waals surface area (Å²) in [4.78, 5) is 60.6. The maximum atomic E-state index is 12.3. The van der Waals surface area contributed by atoms with Crippen LogP contribution in [0.1, 0.15) is 28.9 Å². The van der Waals surface area contributed by atoms with Gasteiger partial charge >= 0.3 is 11.9 Å². The number of nitrogens with two attached hydrogens (primary N) is 1. The number of carboxylic acids is 2. The molecular weight excluding hydrogens is 629 g/mol. The van der Waals surface area contributed by atoms with E-state index in [0.29, 0.717) is 11.4 Å². The van der Waals surface area contributed by atoms with Gasteiger partial charge in [-0.15, -0.1) is 0 Å². The maximum absolute atomic E-state index is 12.3. The Morgan fingerprint density at radius 2 is 1.82 bits per heavy atom. The summed E-state index contributed by atoms with van der Waals surface area (Å²) in [6.07, 6.45) is 0.840. The van der Waals surface area contributed by atoms with E-state index in [2.05, 4.69) is 30.6 Å². The Morgan fingerprint density at radius 1 is 1.12 bits per heavy atom. The van der Waals surface area contributed by atoms with E-state index in [9.17, 15) is 19.2 Å². The van der Waals surface area contributed by atoms with Gasteiger partial charge in [-0.3, -0.25) is 19.4 Å². The SMILES string of the molecule is Nc1nc2ncc(CNc3ccc(C(=O)NC(CCC(=O)O)C(=O)O)cc3)nc2c(=O)[nH]1.[Pb]. The van der Waals surface area contributed by atoms with Crippen molar-refractivity contribution >= 4 is 67.9 Å². The molecular formula is C19H19N7O6Pb. The van der Waals surface area contributed by atoms with Crippen LogP contribution in [0.15, 0.2) is 35.3 Å². The number of rotatable bonds is 9. The first kappa shape index (κ1) is 25.6. The molecule has 0 aliphatic carbocycles. The molecule has 0 spiro atoms. The quantitative estimate of drug-likeness (QED) is 0.164. The molecule has 14 heteroatoms. The number of hydrogen-bond donors (Lipinski definition) is 6. The van der Waals surface area contributed by atoms with Gasteiger partial charge in [0.1, 0.15) is 6.04 Å². The molecule has 3 aromatic rings. The van der Waals surface area contributed by atoms with Crippen molar-refractivity contribution in [2.75, 3.05) is 11.1 Å². The fraction of sp³-hybridized carbons (Fsp3) is 0.211. The van der Waals surface area contributed by atoms with E-state index in [1.54, 1.807) is 12.1 Å². The molecule has 1 amide bonds. The number of carbonyl (C=O) groups is 3. The van der Waals surface area contributed by atoms with Crippen LogP contribution < -0.4 is 21.9 Å². The zero-order valence-corrected chi connectivity index (χ0v) is 20.9. The molecule has 2 heterocycles. The van der Waals surface area contributed by atoms with Crippen LogP contribution in [0.2, 0.25) is 0 Å². The van der Waals surface area contributed by atoms with E-state index in [4.69, 9.17) is 15.9 Å². The van der Waals surface area contributed by atoms with Crippen molar-refractivity contribution in [2.24, 2.45) is 0 Å². The number of nitrogen functional groups attached to an aromatic ring is 1. The number of amides is 1. The molecule has 7 N–H and O–H groups in total. The number of benzene rings is 1. The van der Waals surface area contributed by atoms with Gasteiger partial charge < -0.3 is 26.6 Å². The Hall–Kier alpha value is -3.63. The molecule has 2 aromatic heterocycles. The second-order valence-electron chi connectivity index (χ2n) is 6.71. The van der Waals surface area contributed by atoms with E-state index < -0.39 is 29.4 Å². The first-order valence-corrected chi connectivity index (χ1v) is 9.33. The molecule has 3 rings (SSSR count). The van der Waals surface area contributed by atoms with Gasteiger partial charge in [-0.1, -0.05) is 0 Å². The number of aliphatic carboxylic acids is 2. The Labute approximate surface area is 206 Å². The third-order valence-corrected chi connectivity index (χ3v) is 4.36. The largest absolute Gasteiger partial charge is 0.481 e. The molecule has 0 aliphatic heterocycles. The van der Waals surface area contributed by atoms with E-state index in [-0.39, 0.29) is 69.4 Å². The van der Waals surface area contributed by atoms with E-state index >= 15 is 0 Å². The number of hydrogen-bond acceptors (Lipinski definition) is 9.